The highest BCUT2D eigenvalue weighted by Crippen LogP contribution is 2.31. The number of aryl methyl sites for hydroxylation is 1. The van der Waals surface area contributed by atoms with Crippen LogP contribution in [0.5, 0.6) is 0 Å². The highest BCUT2D eigenvalue weighted by Gasteiger charge is 2.29. The van der Waals surface area contributed by atoms with Crippen LogP contribution in [-0.2, 0) is 29.4 Å². The molecule has 0 radical (unpaired) electrons. The minimum atomic E-state index is -3.90. The standard InChI is InChI=1S/C27H37Cl2FN2O2S/c1-3-5-6-7-8-9-21-10-13-26(25(30)17-21)31-35(33,34)24-12-11-23-19-32(16-14-22(23)18-24)20-27(28,29)15-4-2/h10-13,17-18,31H,3-9,14-16,19-20H2,1-2H3. The van der Waals surface area contributed by atoms with Crippen molar-refractivity contribution in [3.63, 3.8) is 0 Å². The van der Waals surface area contributed by atoms with E-state index in [0.29, 0.717) is 19.5 Å². The Hall–Kier alpha value is -1.34. The Morgan fingerprint density at radius 3 is 2.49 bits per heavy atom. The van der Waals surface area contributed by atoms with E-state index >= 15 is 0 Å². The normalized spacial score (nSPS) is 14.7. The van der Waals surface area contributed by atoms with Crippen LogP contribution in [0.3, 0.4) is 0 Å². The number of nitrogens with zero attached hydrogens (tertiary/aromatic N) is 1. The third-order valence-corrected chi connectivity index (χ3v) is 8.48. The first-order valence-corrected chi connectivity index (χ1v) is 14.9. The molecule has 0 spiro atoms. The van der Waals surface area contributed by atoms with Crippen molar-refractivity contribution in [1.82, 2.24) is 4.90 Å². The number of halogens is 3. The Morgan fingerprint density at radius 1 is 1.00 bits per heavy atom. The Balaban J connectivity index is 1.63. The molecule has 194 valence electrons. The number of sulfonamides is 1. The summed E-state index contributed by atoms with van der Waals surface area (Å²) in [7, 11) is -3.90. The SMILES string of the molecule is CCCCCCCc1ccc(NS(=O)(=O)c2ccc3c(c2)CCN(CC(Cl)(Cl)CCC)C3)c(F)c1. The van der Waals surface area contributed by atoms with E-state index in [1.807, 2.05) is 6.07 Å². The van der Waals surface area contributed by atoms with E-state index in [1.165, 1.54) is 31.4 Å². The fourth-order valence-corrected chi connectivity index (χ4v) is 6.43. The minimum Gasteiger partial charge on any atom is -0.296 e. The van der Waals surface area contributed by atoms with Crippen molar-refractivity contribution in [2.24, 2.45) is 0 Å². The zero-order valence-electron chi connectivity index (χ0n) is 20.8. The number of alkyl halides is 2. The van der Waals surface area contributed by atoms with Gasteiger partial charge in [0.1, 0.15) is 10.2 Å². The maximum Gasteiger partial charge on any atom is 0.261 e. The molecule has 0 atom stereocenters. The van der Waals surface area contributed by atoms with E-state index in [1.54, 1.807) is 18.2 Å². The lowest BCUT2D eigenvalue weighted by molar-refractivity contribution is 0.242. The molecule has 0 fully saturated rings. The summed E-state index contributed by atoms with van der Waals surface area (Å²) < 4.78 is 42.3. The average Bonchev–Trinajstić information content (AvgIpc) is 2.80. The summed E-state index contributed by atoms with van der Waals surface area (Å²) in [6.45, 7) is 6.22. The van der Waals surface area contributed by atoms with Gasteiger partial charge in [-0.1, -0.05) is 58.1 Å². The van der Waals surface area contributed by atoms with Gasteiger partial charge < -0.3 is 0 Å². The summed E-state index contributed by atoms with van der Waals surface area (Å²) in [5, 5.41) is 0. The second-order valence-corrected chi connectivity index (χ2v) is 12.9. The average molecular weight is 544 g/mol. The molecule has 2 aromatic carbocycles. The van der Waals surface area contributed by atoms with Crippen LogP contribution in [0.1, 0.15) is 75.5 Å². The van der Waals surface area contributed by atoms with Crippen LogP contribution in [0.2, 0.25) is 0 Å². The van der Waals surface area contributed by atoms with Gasteiger partial charge in [-0.25, -0.2) is 12.8 Å². The minimum absolute atomic E-state index is 0.0277. The summed E-state index contributed by atoms with van der Waals surface area (Å²) in [4.78, 5) is 2.34. The summed E-state index contributed by atoms with van der Waals surface area (Å²) >= 11 is 12.9. The molecule has 1 heterocycles. The molecule has 3 rings (SSSR count). The summed E-state index contributed by atoms with van der Waals surface area (Å²) in [6.07, 6.45) is 8.86. The fraction of sp³-hybridized carbons (Fsp3) is 0.556. The third kappa shape index (κ3) is 8.34. The van der Waals surface area contributed by atoms with Gasteiger partial charge in [-0.15, -0.1) is 23.2 Å². The third-order valence-electron chi connectivity index (χ3n) is 6.50. The topological polar surface area (TPSA) is 49.4 Å². The molecule has 1 N–H and O–H groups in total. The van der Waals surface area contributed by atoms with E-state index < -0.39 is 20.2 Å². The van der Waals surface area contributed by atoms with Gasteiger partial charge in [0.25, 0.3) is 10.0 Å². The van der Waals surface area contributed by atoms with Crippen LogP contribution >= 0.6 is 23.2 Å². The molecule has 35 heavy (non-hydrogen) atoms. The van der Waals surface area contributed by atoms with Crippen molar-refractivity contribution in [1.29, 1.82) is 0 Å². The molecule has 8 heteroatoms. The predicted molar refractivity (Wildman–Crippen MR) is 144 cm³/mol. The largest absolute Gasteiger partial charge is 0.296 e. The lowest BCUT2D eigenvalue weighted by Crippen LogP contribution is -2.39. The summed E-state index contributed by atoms with van der Waals surface area (Å²) in [6, 6.07) is 9.86. The number of hydrogen-bond donors (Lipinski definition) is 1. The van der Waals surface area contributed by atoms with Gasteiger partial charge in [0, 0.05) is 19.6 Å². The smallest absolute Gasteiger partial charge is 0.261 e. The van der Waals surface area contributed by atoms with Crippen molar-refractivity contribution in [3.8, 4) is 0 Å². The first-order valence-electron chi connectivity index (χ1n) is 12.7. The molecular weight excluding hydrogens is 506 g/mol. The van der Waals surface area contributed by atoms with Crippen molar-refractivity contribution in [3.05, 3.63) is 58.9 Å². The van der Waals surface area contributed by atoms with Crippen LogP contribution in [0.25, 0.3) is 0 Å². The number of nitrogens with one attached hydrogen (secondary N) is 1. The maximum atomic E-state index is 14.7. The van der Waals surface area contributed by atoms with Crippen molar-refractivity contribution >= 4 is 38.9 Å². The molecule has 1 aliphatic rings. The molecule has 2 aromatic rings. The second-order valence-electron chi connectivity index (χ2n) is 9.58. The zero-order chi connectivity index (χ0) is 25.5. The summed E-state index contributed by atoms with van der Waals surface area (Å²) in [5.41, 5.74) is 2.90. The van der Waals surface area contributed by atoms with Gasteiger partial charge in [0.2, 0.25) is 0 Å². The van der Waals surface area contributed by atoms with Crippen molar-refractivity contribution in [2.45, 2.75) is 87.4 Å². The Morgan fingerprint density at radius 2 is 1.77 bits per heavy atom. The van der Waals surface area contributed by atoms with E-state index in [-0.39, 0.29) is 10.6 Å². The van der Waals surface area contributed by atoms with E-state index in [2.05, 4.69) is 23.5 Å². The van der Waals surface area contributed by atoms with Gasteiger partial charge in [-0.3, -0.25) is 9.62 Å². The van der Waals surface area contributed by atoms with E-state index in [9.17, 15) is 12.8 Å². The molecule has 4 nitrogen and oxygen atoms in total. The number of benzene rings is 2. The molecule has 0 saturated carbocycles. The number of hydrogen-bond acceptors (Lipinski definition) is 3. The fourth-order valence-electron chi connectivity index (χ4n) is 4.60. The molecular formula is C27H37Cl2FN2O2S. The number of anilines is 1. The van der Waals surface area contributed by atoms with Gasteiger partial charge in [-0.2, -0.15) is 0 Å². The quantitative estimate of drug-likeness (QED) is 0.211. The Bertz CT molecular complexity index is 1090. The predicted octanol–water partition coefficient (Wildman–Crippen LogP) is 7.47. The van der Waals surface area contributed by atoms with Crippen molar-refractivity contribution < 1.29 is 12.8 Å². The van der Waals surface area contributed by atoms with Gasteiger partial charge in [0.15, 0.2) is 0 Å². The van der Waals surface area contributed by atoms with Crippen LogP contribution in [0.4, 0.5) is 10.1 Å². The lowest BCUT2D eigenvalue weighted by Gasteiger charge is -2.33. The highest BCUT2D eigenvalue weighted by molar-refractivity contribution is 7.92. The lowest BCUT2D eigenvalue weighted by atomic mass is 9.99. The van der Waals surface area contributed by atoms with Gasteiger partial charge in [0.05, 0.1) is 10.6 Å². The number of unbranched alkanes of at least 4 members (excludes halogenated alkanes) is 4. The molecule has 0 aliphatic carbocycles. The molecule has 0 aromatic heterocycles. The van der Waals surface area contributed by atoms with Gasteiger partial charge in [-0.05, 0) is 66.6 Å². The number of rotatable bonds is 13. The van der Waals surface area contributed by atoms with Gasteiger partial charge >= 0.3 is 0 Å². The zero-order valence-corrected chi connectivity index (χ0v) is 23.1. The van der Waals surface area contributed by atoms with Crippen LogP contribution in [0, 0.1) is 5.82 Å². The Kier molecular flexibility index (Phi) is 10.3. The molecule has 0 amide bonds. The Labute approximate surface area is 220 Å². The summed E-state index contributed by atoms with van der Waals surface area (Å²) in [5.74, 6) is -0.550. The van der Waals surface area contributed by atoms with E-state index in [0.717, 1.165) is 55.3 Å². The maximum absolute atomic E-state index is 14.7. The van der Waals surface area contributed by atoms with Crippen LogP contribution < -0.4 is 4.72 Å². The first kappa shape index (κ1) is 28.2. The monoisotopic (exact) mass is 542 g/mol. The van der Waals surface area contributed by atoms with Crippen molar-refractivity contribution in [2.75, 3.05) is 17.8 Å². The highest BCUT2D eigenvalue weighted by atomic mass is 35.5. The molecule has 0 saturated heterocycles. The molecule has 1 aliphatic heterocycles. The first-order chi connectivity index (χ1) is 16.6. The number of fused-ring (bicyclic) bond motifs is 1. The van der Waals surface area contributed by atoms with Crippen LogP contribution in [-0.4, -0.2) is 30.7 Å². The van der Waals surface area contributed by atoms with E-state index in [4.69, 9.17) is 23.2 Å². The van der Waals surface area contributed by atoms with Crippen LogP contribution in [0.15, 0.2) is 41.3 Å². The second kappa shape index (κ2) is 12.8. The molecule has 0 unspecified atom stereocenters. The molecule has 0 bridgehead atoms.